The zero-order valence-electron chi connectivity index (χ0n) is 13.9. The van der Waals surface area contributed by atoms with E-state index in [-0.39, 0.29) is 25.5 Å². The summed E-state index contributed by atoms with van der Waals surface area (Å²) in [6.45, 7) is 0.373. The molecule has 0 atom stereocenters. The Morgan fingerprint density at radius 1 is 0.846 bits per heavy atom. The fourth-order valence-electron chi connectivity index (χ4n) is 2.60. The van der Waals surface area contributed by atoms with E-state index in [4.69, 9.17) is 4.74 Å². The van der Waals surface area contributed by atoms with Crippen LogP contribution in [0.25, 0.3) is 0 Å². The first-order chi connectivity index (χ1) is 12.6. The van der Waals surface area contributed by atoms with Gasteiger partial charge in [0, 0.05) is 6.54 Å². The van der Waals surface area contributed by atoms with Gasteiger partial charge in [-0.25, -0.2) is 9.18 Å². The Hall–Kier alpha value is -3.22. The lowest BCUT2D eigenvalue weighted by atomic mass is 10.2. The number of hydrogen-bond donors (Lipinski definition) is 0. The normalized spacial score (nSPS) is 14.3. The number of nitrogens with zero attached hydrogens (tertiary/aromatic N) is 2. The molecule has 1 aliphatic heterocycles. The van der Waals surface area contributed by atoms with Gasteiger partial charge in [0.25, 0.3) is 0 Å². The number of carbonyl (C=O) groups is 3. The minimum Gasteiger partial charge on any atom is -0.494 e. The van der Waals surface area contributed by atoms with Crippen molar-refractivity contribution in [3.63, 3.8) is 0 Å². The first-order valence-electron chi connectivity index (χ1n) is 8.16. The number of ether oxygens (including phenoxy) is 1. The fraction of sp³-hybridized carbons (Fsp3) is 0.211. The van der Waals surface area contributed by atoms with Crippen LogP contribution in [0, 0.1) is 5.82 Å². The van der Waals surface area contributed by atoms with Gasteiger partial charge in [0.1, 0.15) is 11.6 Å². The van der Waals surface area contributed by atoms with E-state index >= 15 is 0 Å². The van der Waals surface area contributed by atoms with Crippen LogP contribution in [0.1, 0.15) is 12.0 Å². The van der Waals surface area contributed by atoms with Crippen molar-refractivity contribution in [3.8, 4) is 5.75 Å². The van der Waals surface area contributed by atoms with E-state index in [1.54, 1.807) is 24.3 Å². The van der Waals surface area contributed by atoms with Crippen LogP contribution < -0.4 is 4.74 Å². The second-order valence-corrected chi connectivity index (χ2v) is 5.77. The number of amides is 4. The number of halogens is 1. The zero-order valence-corrected chi connectivity index (χ0v) is 13.9. The van der Waals surface area contributed by atoms with Crippen molar-refractivity contribution in [1.82, 2.24) is 9.80 Å². The maximum atomic E-state index is 12.8. The van der Waals surface area contributed by atoms with Gasteiger partial charge in [-0.2, -0.15) is 0 Å². The summed E-state index contributed by atoms with van der Waals surface area (Å²) in [4.78, 5) is 38.3. The van der Waals surface area contributed by atoms with Gasteiger partial charge in [0.05, 0.1) is 13.2 Å². The molecule has 2 aromatic carbocycles. The highest BCUT2D eigenvalue weighted by atomic mass is 19.1. The second-order valence-electron chi connectivity index (χ2n) is 5.77. The molecule has 7 heteroatoms. The molecular weight excluding hydrogens is 339 g/mol. The number of rotatable bonds is 7. The molecule has 0 N–H and O–H groups in total. The number of urea groups is 1. The average Bonchev–Trinajstić information content (AvgIpc) is 2.85. The minimum atomic E-state index is -0.826. The molecule has 0 aliphatic carbocycles. The molecule has 26 heavy (non-hydrogen) atoms. The van der Waals surface area contributed by atoms with E-state index < -0.39 is 17.8 Å². The summed E-state index contributed by atoms with van der Waals surface area (Å²) >= 11 is 0. The lowest BCUT2D eigenvalue weighted by Crippen LogP contribution is -2.34. The van der Waals surface area contributed by atoms with Crippen LogP contribution in [-0.4, -0.2) is 40.8 Å². The molecule has 2 aromatic rings. The average molecular weight is 356 g/mol. The quantitative estimate of drug-likeness (QED) is 0.434. The molecular formula is C19H17FN2O4. The van der Waals surface area contributed by atoms with E-state index in [0.717, 1.165) is 15.4 Å². The monoisotopic (exact) mass is 356 g/mol. The molecule has 6 nitrogen and oxygen atoms in total. The summed E-state index contributed by atoms with van der Waals surface area (Å²) < 4.78 is 18.2. The summed E-state index contributed by atoms with van der Waals surface area (Å²) in [6, 6.07) is 13.9. The third-order valence-electron chi connectivity index (χ3n) is 3.93. The Kier molecular flexibility index (Phi) is 5.26. The van der Waals surface area contributed by atoms with Gasteiger partial charge < -0.3 is 4.74 Å². The maximum Gasteiger partial charge on any atom is 0.334 e. The van der Waals surface area contributed by atoms with Crippen LogP contribution in [0.3, 0.4) is 0 Å². The largest absolute Gasteiger partial charge is 0.494 e. The van der Waals surface area contributed by atoms with Gasteiger partial charge in [0.15, 0.2) is 0 Å². The van der Waals surface area contributed by atoms with E-state index in [9.17, 15) is 18.8 Å². The molecule has 1 aliphatic rings. The highest BCUT2D eigenvalue weighted by Crippen LogP contribution is 2.17. The van der Waals surface area contributed by atoms with Crippen LogP contribution in [0.15, 0.2) is 54.6 Å². The third kappa shape index (κ3) is 3.88. The SMILES string of the molecule is O=C1C(=O)N(Cc2ccccc2)C(=O)N1CCCOc1ccc(F)cc1. The second kappa shape index (κ2) is 7.77. The van der Waals surface area contributed by atoms with Gasteiger partial charge in [-0.05, 0) is 36.2 Å². The Bertz CT molecular complexity index is 808. The summed E-state index contributed by atoms with van der Waals surface area (Å²) in [7, 11) is 0. The zero-order chi connectivity index (χ0) is 18.5. The number of hydrogen-bond acceptors (Lipinski definition) is 4. The molecule has 4 amide bonds. The van der Waals surface area contributed by atoms with E-state index in [2.05, 4.69) is 0 Å². The molecule has 1 saturated heterocycles. The molecule has 3 rings (SSSR count). The highest BCUT2D eigenvalue weighted by molar-refractivity contribution is 6.44. The smallest absolute Gasteiger partial charge is 0.334 e. The first kappa shape index (κ1) is 17.6. The molecule has 1 heterocycles. The lowest BCUT2D eigenvalue weighted by molar-refractivity contribution is -0.143. The summed E-state index contributed by atoms with van der Waals surface area (Å²) in [6.07, 6.45) is 0.362. The summed E-state index contributed by atoms with van der Waals surface area (Å²) in [5.41, 5.74) is 0.767. The van der Waals surface area contributed by atoms with Gasteiger partial charge >= 0.3 is 17.8 Å². The van der Waals surface area contributed by atoms with E-state index in [1.165, 1.54) is 24.3 Å². The van der Waals surface area contributed by atoms with Crippen LogP contribution in [0.4, 0.5) is 9.18 Å². The molecule has 134 valence electrons. The maximum absolute atomic E-state index is 12.8. The van der Waals surface area contributed by atoms with Crippen LogP contribution in [0.5, 0.6) is 5.75 Å². The molecule has 0 aromatic heterocycles. The van der Waals surface area contributed by atoms with Crippen LogP contribution in [0.2, 0.25) is 0 Å². The van der Waals surface area contributed by atoms with Crippen molar-refractivity contribution < 1.29 is 23.5 Å². The molecule has 0 spiro atoms. The van der Waals surface area contributed by atoms with Gasteiger partial charge in [0.2, 0.25) is 0 Å². The van der Waals surface area contributed by atoms with E-state index in [0.29, 0.717) is 12.2 Å². The Labute approximate surface area is 149 Å². The Balaban J connectivity index is 1.53. The van der Waals surface area contributed by atoms with Crippen molar-refractivity contribution in [2.45, 2.75) is 13.0 Å². The fourth-order valence-corrected chi connectivity index (χ4v) is 2.60. The van der Waals surface area contributed by atoms with Crippen molar-refractivity contribution in [2.24, 2.45) is 0 Å². The predicted octanol–water partition coefficient (Wildman–Crippen LogP) is 2.59. The van der Waals surface area contributed by atoms with Gasteiger partial charge in [-0.1, -0.05) is 30.3 Å². The molecule has 0 unspecified atom stereocenters. The number of carbonyl (C=O) groups excluding carboxylic acids is 3. The van der Waals surface area contributed by atoms with Crippen molar-refractivity contribution in [1.29, 1.82) is 0 Å². The van der Waals surface area contributed by atoms with Crippen molar-refractivity contribution >= 4 is 17.8 Å². The highest BCUT2D eigenvalue weighted by Gasteiger charge is 2.43. The standard InChI is InChI=1S/C19H17FN2O4/c20-15-7-9-16(10-8-15)26-12-4-11-21-17(23)18(24)22(19(21)25)13-14-5-2-1-3-6-14/h1-3,5-10H,4,11-13H2. The predicted molar refractivity (Wildman–Crippen MR) is 90.6 cm³/mol. The summed E-state index contributed by atoms with van der Waals surface area (Å²) in [5, 5.41) is 0. The molecule has 0 saturated carbocycles. The third-order valence-corrected chi connectivity index (χ3v) is 3.93. The van der Waals surface area contributed by atoms with Crippen molar-refractivity contribution in [2.75, 3.05) is 13.2 Å². The van der Waals surface area contributed by atoms with Gasteiger partial charge in [-0.3, -0.25) is 19.4 Å². The van der Waals surface area contributed by atoms with Crippen molar-refractivity contribution in [3.05, 3.63) is 66.0 Å². The molecule has 1 fully saturated rings. The molecule has 0 radical (unpaired) electrons. The van der Waals surface area contributed by atoms with E-state index in [1.807, 2.05) is 6.07 Å². The topological polar surface area (TPSA) is 66.9 Å². The Morgan fingerprint density at radius 3 is 2.19 bits per heavy atom. The first-order valence-corrected chi connectivity index (χ1v) is 8.16. The molecule has 0 bridgehead atoms. The number of benzene rings is 2. The Morgan fingerprint density at radius 2 is 1.50 bits per heavy atom. The minimum absolute atomic E-state index is 0.0623. The van der Waals surface area contributed by atoms with Crippen LogP contribution in [-0.2, 0) is 16.1 Å². The van der Waals surface area contributed by atoms with Gasteiger partial charge in [-0.15, -0.1) is 0 Å². The summed E-state index contributed by atoms with van der Waals surface area (Å²) in [5.74, 6) is -1.51. The number of imide groups is 2. The van der Waals surface area contributed by atoms with Crippen LogP contribution >= 0.6 is 0 Å². The lowest BCUT2D eigenvalue weighted by Gasteiger charge is -2.15.